The lowest BCUT2D eigenvalue weighted by Crippen LogP contribution is -2.52. The van der Waals surface area contributed by atoms with Crippen molar-refractivity contribution in [3.63, 3.8) is 0 Å². The van der Waals surface area contributed by atoms with Gasteiger partial charge < -0.3 is 15.3 Å². The van der Waals surface area contributed by atoms with Crippen molar-refractivity contribution >= 4 is 30.4 Å². The zero-order chi connectivity index (χ0) is 18.2. The molecule has 1 aliphatic rings. The van der Waals surface area contributed by atoms with Gasteiger partial charge in [0.2, 0.25) is 11.8 Å². The molecule has 1 saturated heterocycles. The van der Waals surface area contributed by atoms with Gasteiger partial charge in [-0.1, -0.05) is 43.2 Å². The molecule has 1 aromatic rings. The molecule has 1 fully saturated rings. The van der Waals surface area contributed by atoms with E-state index in [-0.39, 0.29) is 18.4 Å². The monoisotopic (exact) mass is 364 g/mol. The molecule has 0 saturated carbocycles. The number of benzene rings is 1. The molecule has 0 unspecified atom stereocenters. The van der Waals surface area contributed by atoms with Crippen LogP contribution in [0.25, 0.3) is 0 Å². The maximum Gasteiger partial charge on any atom is 0.323 e. The molecule has 0 radical (unpaired) electrons. The summed E-state index contributed by atoms with van der Waals surface area (Å²) in [6.45, 7) is 0.0747. The fraction of sp³-hybridized carbons (Fsp3) is 0.500. The van der Waals surface area contributed by atoms with E-state index in [0.717, 1.165) is 24.8 Å². The highest BCUT2D eigenvalue weighted by Gasteiger charge is 2.29. The second kappa shape index (κ2) is 9.46. The third kappa shape index (κ3) is 6.08. The van der Waals surface area contributed by atoms with E-state index >= 15 is 0 Å². The Morgan fingerprint density at radius 2 is 1.96 bits per heavy atom. The first-order valence-corrected chi connectivity index (χ1v) is 9.02. The number of carbonyl (C=O) groups excluding carboxylic acids is 2. The summed E-state index contributed by atoms with van der Waals surface area (Å²) in [6, 6.07) is 8.86. The maximum absolute atomic E-state index is 12.6. The topological polar surface area (TPSA) is 86.7 Å². The van der Waals surface area contributed by atoms with Crippen LogP contribution in [0.5, 0.6) is 0 Å². The molecule has 136 valence electrons. The molecule has 7 heteroatoms. The second-order valence-corrected chi connectivity index (χ2v) is 6.89. The summed E-state index contributed by atoms with van der Waals surface area (Å²) in [5.41, 5.74) is 0.995. The lowest BCUT2D eigenvalue weighted by Gasteiger charge is -2.29. The number of thiol groups is 1. The molecule has 25 heavy (non-hydrogen) atoms. The fourth-order valence-electron chi connectivity index (χ4n) is 2.93. The van der Waals surface area contributed by atoms with Crippen LogP contribution >= 0.6 is 12.6 Å². The number of nitrogens with one attached hydrogen (secondary N) is 1. The number of likely N-dealkylation sites (tertiary alicyclic amines) is 1. The van der Waals surface area contributed by atoms with Gasteiger partial charge in [-0.3, -0.25) is 14.4 Å². The molecule has 6 nitrogen and oxygen atoms in total. The first-order chi connectivity index (χ1) is 12.0. The van der Waals surface area contributed by atoms with Crippen LogP contribution in [0.3, 0.4) is 0 Å². The zero-order valence-corrected chi connectivity index (χ0v) is 15.0. The highest BCUT2D eigenvalue weighted by Crippen LogP contribution is 2.14. The molecule has 0 spiro atoms. The first-order valence-electron chi connectivity index (χ1n) is 8.50. The minimum Gasteiger partial charge on any atom is -0.480 e. The summed E-state index contributed by atoms with van der Waals surface area (Å²) in [6.07, 6.45) is 3.50. The molecule has 0 aromatic heterocycles. The van der Waals surface area contributed by atoms with Gasteiger partial charge in [-0.05, 0) is 24.8 Å². The van der Waals surface area contributed by atoms with Gasteiger partial charge in [0.15, 0.2) is 0 Å². The summed E-state index contributed by atoms with van der Waals surface area (Å²) in [5.74, 6) is -1.67. The van der Waals surface area contributed by atoms with Crippen molar-refractivity contribution in [3.8, 4) is 0 Å². The van der Waals surface area contributed by atoms with Gasteiger partial charge in [0.1, 0.15) is 12.6 Å². The van der Waals surface area contributed by atoms with Crippen molar-refractivity contribution in [2.24, 2.45) is 0 Å². The van der Waals surface area contributed by atoms with Gasteiger partial charge in [-0.2, -0.15) is 12.6 Å². The molecule has 1 aromatic carbocycles. The molecule has 1 heterocycles. The van der Waals surface area contributed by atoms with Gasteiger partial charge in [0, 0.05) is 6.54 Å². The second-order valence-electron chi connectivity index (χ2n) is 6.27. The Morgan fingerprint density at radius 1 is 1.24 bits per heavy atom. The largest absolute Gasteiger partial charge is 0.480 e. The Balaban J connectivity index is 1.98. The van der Waals surface area contributed by atoms with Crippen molar-refractivity contribution < 1.29 is 19.5 Å². The van der Waals surface area contributed by atoms with Crippen LogP contribution < -0.4 is 5.32 Å². The molecule has 1 aliphatic heterocycles. The molecule has 2 atom stereocenters. The van der Waals surface area contributed by atoms with E-state index in [1.54, 1.807) is 0 Å². The van der Waals surface area contributed by atoms with E-state index in [2.05, 4.69) is 17.9 Å². The number of rotatable bonds is 6. The van der Waals surface area contributed by atoms with Crippen molar-refractivity contribution in [1.29, 1.82) is 0 Å². The Bertz CT molecular complexity index is 608. The van der Waals surface area contributed by atoms with Crippen LogP contribution in [-0.2, 0) is 20.8 Å². The number of hydrogen-bond donors (Lipinski definition) is 3. The van der Waals surface area contributed by atoms with Crippen LogP contribution in [0.4, 0.5) is 0 Å². The molecule has 0 bridgehead atoms. The Kier molecular flexibility index (Phi) is 7.31. The summed E-state index contributed by atoms with van der Waals surface area (Å²) < 4.78 is 0. The van der Waals surface area contributed by atoms with Gasteiger partial charge in [-0.25, -0.2) is 0 Å². The quantitative estimate of drug-likeness (QED) is 0.668. The van der Waals surface area contributed by atoms with Gasteiger partial charge >= 0.3 is 5.97 Å². The lowest BCUT2D eigenvalue weighted by molar-refractivity contribution is -0.146. The average molecular weight is 364 g/mol. The highest BCUT2D eigenvalue weighted by molar-refractivity contribution is 7.81. The molecular formula is C18H24N2O4S. The summed E-state index contributed by atoms with van der Waals surface area (Å²) >= 11 is 4.36. The predicted octanol–water partition coefficient (Wildman–Crippen LogP) is 1.50. The van der Waals surface area contributed by atoms with Crippen molar-refractivity contribution in [2.45, 2.75) is 43.4 Å². The molecule has 2 N–H and O–H groups in total. The summed E-state index contributed by atoms with van der Waals surface area (Å²) in [4.78, 5) is 37.3. The third-order valence-electron chi connectivity index (χ3n) is 4.25. The van der Waals surface area contributed by atoms with Crippen LogP contribution in [0.2, 0.25) is 0 Å². The van der Waals surface area contributed by atoms with Crippen LogP contribution in [-0.4, -0.2) is 52.2 Å². The van der Waals surface area contributed by atoms with Gasteiger partial charge in [0.25, 0.3) is 0 Å². The lowest BCUT2D eigenvalue weighted by atomic mass is 10.0. The number of nitrogens with zero attached hydrogens (tertiary/aromatic N) is 1. The SMILES string of the molecule is O=C(O)CN1CCCCC[C@H](NC(=O)[C@@H](S)Cc2ccccc2)C1=O. The average Bonchev–Trinajstić information content (AvgIpc) is 2.58. The van der Waals surface area contributed by atoms with Crippen LogP contribution in [0, 0.1) is 0 Å². The normalized spacial score (nSPS) is 19.6. The Morgan fingerprint density at radius 3 is 2.64 bits per heavy atom. The summed E-state index contributed by atoms with van der Waals surface area (Å²) in [7, 11) is 0. The minimum atomic E-state index is -1.05. The number of hydrogen-bond acceptors (Lipinski definition) is 4. The van der Waals surface area contributed by atoms with E-state index < -0.39 is 17.3 Å². The van der Waals surface area contributed by atoms with Gasteiger partial charge in [-0.15, -0.1) is 0 Å². The van der Waals surface area contributed by atoms with Gasteiger partial charge in [0.05, 0.1) is 5.25 Å². The van der Waals surface area contributed by atoms with E-state index in [9.17, 15) is 14.4 Å². The molecular weight excluding hydrogens is 340 g/mol. The van der Waals surface area contributed by atoms with Crippen molar-refractivity contribution in [1.82, 2.24) is 10.2 Å². The zero-order valence-electron chi connectivity index (χ0n) is 14.1. The summed E-state index contributed by atoms with van der Waals surface area (Å²) in [5, 5.41) is 11.2. The highest BCUT2D eigenvalue weighted by atomic mass is 32.1. The predicted molar refractivity (Wildman–Crippen MR) is 97.5 cm³/mol. The van der Waals surface area contributed by atoms with E-state index in [0.29, 0.717) is 19.4 Å². The van der Waals surface area contributed by atoms with E-state index in [4.69, 9.17) is 5.11 Å². The number of carboxylic acid groups (broad SMARTS) is 1. The van der Waals surface area contributed by atoms with Crippen LogP contribution in [0.15, 0.2) is 30.3 Å². The molecule has 0 aliphatic carbocycles. The first kappa shape index (κ1) is 19.3. The number of amides is 2. The standard InChI is InChI=1S/C18H24N2O4S/c21-16(22)12-20-10-6-2-5-9-14(18(20)24)19-17(23)15(25)11-13-7-3-1-4-8-13/h1,3-4,7-8,14-15,25H,2,5-6,9-12H2,(H,19,23)(H,21,22)/t14-,15-/m0/s1. The third-order valence-corrected chi connectivity index (χ3v) is 4.66. The number of carbonyl (C=O) groups is 3. The smallest absolute Gasteiger partial charge is 0.323 e. The van der Waals surface area contributed by atoms with Crippen LogP contribution in [0.1, 0.15) is 31.2 Å². The maximum atomic E-state index is 12.6. The number of carboxylic acids is 1. The fourth-order valence-corrected chi connectivity index (χ4v) is 3.22. The van der Waals surface area contributed by atoms with Crippen molar-refractivity contribution in [3.05, 3.63) is 35.9 Å². The van der Waals surface area contributed by atoms with E-state index in [1.165, 1.54) is 4.90 Å². The minimum absolute atomic E-state index is 0.304. The van der Waals surface area contributed by atoms with Crippen molar-refractivity contribution in [2.75, 3.05) is 13.1 Å². The Labute approximate surface area is 153 Å². The molecule has 2 amide bonds. The number of aliphatic carboxylic acids is 1. The van der Waals surface area contributed by atoms with E-state index in [1.807, 2.05) is 30.3 Å². The molecule has 2 rings (SSSR count). The Hall–Kier alpha value is -2.02.